The zero-order valence-electron chi connectivity index (χ0n) is 8.60. The van der Waals surface area contributed by atoms with E-state index in [1.807, 2.05) is 0 Å². The van der Waals surface area contributed by atoms with Gasteiger partial charge < -0.3 is 0 Å². The van der Waals surface area contributed by atoms with Crippen LogP contribution in [-0.4, -0.2) is 8.07 Å². The van der Waals surface area contributed by atoms with Gasteiger partial charge in [0.15, 0.2) is 0 Å². The molecular formula is C11H17ClSi. The summed E-state index contributed by atoms with van der Waals surface area (Å²) in [6.45, 7) is 7.17. The summed E-state index contributed by atoms with van der Waals surface area (Å²) in [7, 11) is -0.959. The predicted molar refractivity (Wildman–Crippen MR) is 63.0 cm³/mol. The van der Waals surface area contributed by atoms with Gasteiger partial charge in [0.2, 0.25) is 0 Å². The summed E-state index contributed by atoms with van der Waals surface area (Å²) in [5.41, 5.74) is 2.66. The van der Waals surface area contributed by atoms with E-state index < -0.39 is 8.07 Å². The molecule has 0 fully saturated rings. The van der Waals surface area contributed by atoms with E-state index >= 15 is 0 Å². The molecule has 1 aromatic rings. The molecule has 0 heterocycles. The zero-order chi connectivity index (χ0) is 9.90. The quantitative estimate of drug-likeness (QED) is 0.528. The molecule has 0 aliphatic rings. The molecule has 1 rings (SSSR count). The first-order chi connectivity index (χ1) is 6.01. The van der Waals surface area contributed by atoms with E-state index in [4.69, 9.17) is 11.6 Å². The van der Waals surface area contributed by atoms with Crippen molar-refractivity contribution in [3.05, 3.63) is 35.4 Å². The maximum Gasteiger partial charge on any atom is 0.0487 e. The Morgan fingerprint density at radius 3 is 1.85 bits per heavy atom. The second kappa shape index (κ2) is 4.29. The predicted octanol–water partition coefficient (Wildman–Crippen LogP) is 3.85. The Bertz CT molecular complexity index is 258. The fraction of sp³-hybridized carbons (Fsp3) is 0.455. The average molecular weight is 213 g/mol. The van der Waals surface area contributed by atoms with Crippen LogP contribution in [0.1, 0.15) is 11.1 Å². The van der Waals surface area contributed by atoms with Crippen molar-refractivity contribution in [3.8, 4) is 0 Å². The van der Waals surface area contributed by atoms with Gasteiger partial charge in [-0.1, -0.05) is 49.5 Å². The van der Waals surface area contributed by atoms with E-state index in [1.165, 1.54) is 17.2 Å². The van der Waals surface area contributed by atoms with Crippen LogP contribution in [0.3, 0.4) is 0 Å². The molecule has 0 spiro atoms. The Labute approximate surface area is 86.9 Å². The Morgan fingerprint density at radius 2 is 1.46 bits per heavy atom. The molecule has 0 N–H and O–H groups in total. The lowest BCUT2D eigenvalue weighted by Crippen LogP contribution is -2.23. The van der Waals surface area contributed by atoms with E-state index in [1.54, 1.807) is 0 Å². The fourth-order valence-electron chi connectivity index (χ4n) is 1.36. The lowest BCUT2D eigenvalue weighted by molar-refractivity contribution is 1.28. The van der Waals surface area contributed by atoms with Crippen molar-refractivity contribution in [3.63, 3.8) is 0 Å². The number of alkyl halides is 1. The van der Waals surface area contributed by atoms with E-state index in [0.717, 1.165) is 0 Å². The summed E-state index contributed by atoms with van der Waals surface area (Å²) in [4.78, 5) is 0. The standard InChI is InChI=1S/C11H17ClSi/c1-13(2,3)9-11-6-4-10(8-12)5-7-11/h4-7H,8-9H2,1-3H3. The lowest BCUT2D eigenvalue weighted by Gasteiger charge is -2.15. The Hall–Kier alpha value is -0.273. The maximum atomic E-state index is 5.72. The van der Waals surface area contributed by atoms with Gasteiger partial charge in [-0.3, -0.25) is 0 Å². The SMILES string of the molecule is C[Si](C)(C)Cc1ccc(CCl)cc1. The number of hydrogen-bond donors (Lipinski definition) is 0. The third-order valence-electron chi connectivity index (χ3n) is 1.91. The third-order valence-corrected chi connectivity index (χ3v) is 3.69. The van der Waals surface area contributed by atoms with E-state index in [-0.39, 0.29) is 0 Å². The molecule has 0 saturated carbocycles. The highest BCUT2D eigenvalue weighted by Crippen LogP contribution is 2.13. The van der Waals surface area contributed by atoms with Gasteiger partial charge >= 0.3 is 0 Å². The van der Waals surface area contributed by atoms with Gasteiger partial charge in [0.05, 0.1) is 0 Å². The van der Waals surface area contributed by atoms with E-state index in [2.05, 4.69) is 43.9 Å². The molecule has 0 aliphatic carbocycles. The molecule has 1 aromatic carbocycles. The van der Waals surface area contributed by atoms with Crippen molar-refractivity contribution in [2.75, 3.05) is 0 Å². The van der Waals surface area contributed by atoms with Crippen LogP contribution in [0, 0.1) is 0 Å². The minimum absolute atomic E-state index is 0.618. The molecule has 0 amide bonds. The molecule has 13 heavy (non-hydrogen) atoms. The monoisotopic (exact) mass is 212 g/mol. The lowest BCUT2D eigenvalue weighted by atomic mass is 10.2. The first-order valence-electron chi connectivity index (χ1n) is 4.65. The molecule has 0 atom stereocenters. The molecule has 72 valence electrons. The number of halogens is 1. The molecule has 0 aliphatic heterocycles. The highest BCUT2D eigenvalue weighted by Gasteiger charge is 2.13. The summed E-state index contributed by atoms with van der Waals surface area (Å²) >= 11 is 5.72. The van der Waals surface area contributed by atoms with Crippen LogP contribution >= 0.6 is 11.6 Å². The topological polar surface area (TPSA) is 0 Å². The molecule has 0 bridgehead atoms. The Morgan fingerprint density at radius 1 is 1.00 bits per heavy atom. The molecular weight excluding hydrogens is 196 g/mol. The van der Waals surface area contributed by atoms with Crippen molar-refractivity contribution in [1.82, 2.24) is 0 Å². The van der Waals surface area contributed by atoms with Crippen molar-refractivity contribution in [2.24, 2.45) is 0 Å². The molecule has 2 heteroatoms. The van der Waals surface area contributed by atoms with Gasteiger partial charge in [0, 0.05) is 14.0 Å². The first-order valence-corrected chi connectivity index (χ1v) is 8.89. The first kappa shape index (κ1) is 10.8. The number of rotatable bonds is 3. The minimum Gasteiger partial charge on any atom is -0.122 e. The van der Waals surface area contributed by atoms with Gasteiger partial charge in [-0.15, -0.1) is 11.6 Å². The Kier molecular flexibility index (Phi) is 3.57. The number of benzene rings is 1. The normalized spacial score (nSPS) is 11.7. The van der Waals surface area contributed by atoms with Crippen LogP contribution in [0.2, 0.25) is 19.6 Å². The van der Waals surface area contributed by atoms with Gasteiger partial charge in [-0.2, -0.15) is 0 Å². The van der Waals surface area contributed by atoms with Crippen molar-refractivity contribution in [2.45, 2.75) is 31.6 Å². The van der Waals surface area contributed by atoms with Crippen molar-refractivity contribution >= 4 is 19.7 Å². The van der Waals surface area contributed by atoms with Crippen LogP contribution in [0.25, 0.3) is 0 Å². The smallest absolute Gasteiger partial charge is 0.0487 e. The van der Waals surface area contributed by atoms with Crippen molar-refractivity contribution in [1.29, 1.82) is 0 Å². The molecule has 0 radical (unpaired) electrons. The molecule has 0 nitrogen and oxygen atoms in total. The van der Waals surface area contributed by atoms with Gasteiger partial charge in [0.1, 0.15) is 0 Å². The van der Waals surface area contributed by atoms with Crippen LogP contribution in [0.4, 0.5) is 0 Å². The summed E-state index contributed by atoms with van der Waals surface area (Å²) in [6, 6.07) is 9.92. The van der Waals surface area contributed by atoms with Crippen LogP contribution in [0.15, 0.2) is 24.3 Å². The number of hydrogen-bond acceptors (Lipinski definition) is 0. The highest BCUT2D eigenvalue weighted by atomic mass is 35.5. The van der Waals surface area contributed by atoms with Gasteiger partial charge in [-0.05, 0) is 11.6 Å². The van der Waals surface area contributed by atoms with E-state index in [9.17, 15) is 0 Å². The van der Waals surface area contributed by atoms with Crippen molar-refractivity contribution < 1.29 is 0 Å². The van der Waals surface area contributed by atoms with Gasteiger partial charge in [-0.25, -0.2) is 0 Å². The van der Waals surface area contributed by atoms with Gasteiger partial charge in [0.25, 0.3) is 0 Å². The second-order valence-corrected chi connectivity index (χ2v) is 10.4. The zero-order valence-corrected chi connectivity index (χ0v) is 10.4. The highest BCUT2D eigenvalue weighted by molar-refractivity contribution is 6.75. The summed E-state index contributed by atoms with van der Waals surface area (Å²) in [6.07, 6.45) is 0. The minimum atomic E-state index is -0.959. The van der Waals surface area contributed by atoms with Crippen LogP contribution < -0.4 is 0 Å². The summed E-state index contributed by atoms with van der Waals surface area (Å²) < 4.78 is 0. The third kappa shape index (κ3) is 3.97. The van der Waals surface area contributed by atoms with E-state index in [0.29, 0.717) is 5.88 Å². The van der Waals surface area contributed by atoms with Crippen LogP contribution in [-0.2, 0) is 11.9 Å². The maximum absolute atomic E-state index is 5.72. The molecule has 0 unspecified atom stereocenters. The van der Waals surface area contributed by atoms with Crippen LogP contribution in [0.5, 0.6) is 0 Å². The summed E-state index contributed by atoms with van der Waals surface area (Å²) in [5.74, 6) is 0.618. The summed E-state index contributed by atoms with van der Waals surface area (Å²) in [5, 5.41) is 0. The fourth-order valence-corrected chi connectivity index (χ4v) is 3.00. The average Bonchev–Trinajstić information content (AvgIpc) is 2.03. The largest absolute Gasteiger partial charge is 0.122 e. The Balaban J connectivity index is 2.70. The molecule has 0 saturated heterocycles. The second-order valence-electron chi connectivity index (χ2n) is 4.69. The molecule has 0 aromatic heterocycles.